The van der Waals surface area contributed by atoms with Crippen LogP contribution in [0.1, 0.15) is 33.3 Å². The zero-order valence-electron chi connectivity index (χ0n) is 15.9. The Morgan fingerprint density at radius 2 is 1.81 bits per heavy atom. The smallest absolute Gasteiger partial charge is 0.429 e. The minimum Gasteiger partial charge on any atom is -0.454 e. The maximum absolute atomic E-state index is 12.5. The summed E-state index contributed by atoms with van der Waals surface area (Å²) in [6.45, 7) is 7.59. The van der Waals surface area contributed by atoms with Crippen LogP contribution in [0.4, 0.5) is 15.3 Å². The number of ether oxygens (including phenoxy) is 4. The van der Waals surface area contributed by atoms with Crippen molar-refractivity contribution in [3.8, 4) is 11.5 Å². The summed E-state index contributed by atoms with van der Waals surface area (Å²) in [6.07, 6.45) is -1.46. The van der Waals surface area contributed by atoms with Crippen molar-refractivity contribution in [3.05, 3.63) is 17.7 Å². The van der Waals surface area contributed by atoms with Gasteiger partial charge in [0.2, 0.25) is 6.79 Å². The average molecular weight is 379 g/mol. The van der Waals surface area contributed by atoms with Gasteiger partial charge in [0.05, 0.1) is 18.2 Å². The number of nitrogens with one attached hydrogen (secondary N) is 2. The lowest BCUT2D eigenvalue weighted by Crippen LogP contribution is -2.56. The van der Waals surface area contributed by atoms with E-state index in [0.29, 0.717) is 24.5 Å². The standard InChI is InChI=1S/C18H25N3O6/c1-10(2)26-17(22)20-21(18(23)27-11(3)4)13-5-12-6-15-16(25-9-24-15)7-14(12)19-8-13/h6-7,10-11,13,19H,5,8-9H2,1-4H3,(H,20,22). The number of amides is 2. The molecule has 0 fully saturated rings. The molecule has 0 saturated carbocycles. The zero-order chi connectivity index (χ0) is 19.6. The highest BCUT2D eigenvalue weighted by Gasteiger charge is 2.32. The Balaban J connectivity index is 1.77. The first kappa shape index (κ1) is 18.9. The number of rotatable bonds is 3. The first-order chi connectivity index (χ1) is 12.8. The van der Waals surface area contributed by atoms with Crippen molar-refractivity contribution in [1.82, 2.24) is 10.4 Å². The van der Waals surface area contributed by atoms with E-state index >= 15 is 0 Å². The molecule has 9 heteroatoms. The molecule has 2 aliphatic heterocycles. The molecule has 1 aromatic rings. The molecule has 0 spiro atoms. The number of hydrazine groups is 1. The Morgan fingerprint density at radius 1 is 1.15 bits per heavy atom. The molecule has 1 atom stereocenters. The number of hydrogen-bond donors (Lipinski definition) is 2. The summed E-state index contributed by atoms with van der Waals surface area (Å²) in [4.78, 5) is 24.6. The van der Waals surface area contributed by atoms with Crippen LogP contribution in [0.3, 0.4) is 0 Å². The second-order valence-corrected chi connectivity index (χ2v) is 6.97. The van der Waals surface area contributed by atoms with Crippen LogP contribution in [0.15, 0.2) is 12.1 Å². The van der Waals surface area contributed by atoms with E-state index in [1.165, 1.54) is 5.01 Å². The van der Waals surface area contributed by atoms with Crippen molar-refractivity contribution >= 4 is 17.9 Å². The molecule has 0 aromatic heterocycles. The van der Waals surface area contributed by atoms with Crippen LogP contribution in [0.5, 0.6) is 11.5 Å². The monoisotopic (exact) mass is 379 g/mol. The normalized spacial score (nSPS) is 17.2. The van der Waals surface area contributed by atoms with Crippen molar-refractivity contribution in [2.45, 2.75) is 52.4 Å². The van der Waals surface area contributed by atoms with Gasteiger partial charge in [-0.15, -0.1) is 0 Å². The van der Waals surface area contributed by atoms with Crippen LogP contribution in [0.25, 0.3) is 0 Å². The number of carbonyl (C=O) groups excluding carboxylic acids is 2. The molecule has 148 valence electrons. The fraction of sp³-hybridized carbons (Fsp3) is 0.556. The molecule has 2 aliphatic rings. The third-order valence-corrected chi connectivity index (χ3v) is 4.03. The summed E-state index contributed by atoms with van der Waals surface area (Å²) in [7, 11) is 0. The van der Waals surface area contributed by atoms with Gasteiger partial charge in [0.25, 0.3) is 0 Å². The Morgan fingerprint density at radius 3 is 2.48 bits per heavy atom. The van der Waals surface area contributed by atoms with E-state index in [2.05, 4.69) is 10.7 Å². The van der Waals surface area contributed by atoms with Gasteiger partial charge in [-0.05, 0) is 45.7 Å². The fourth-order valence-electron chi connectivity index (χ4n) is 2.94. The molecule has 1 aromatic carbocycles. The second-order valence-electron chi connectivity index (χ2n) is 6.97. The number of fused-ring (bicyclic) bond motifs is 2. The van der Waals surface area contributed by atoms with E-state index in [9.17, 15) is 9.59 Å². The minimum atomic E-state index is -0.706. The van der Waals surface area contributed by atoms with E-state index in [1.807, 2.05) is 12.1 Å². The molecule has 27 heavy (non-hydrogen) atoms. The van der Waals surface area contributed by atoms with E-state index in [-0.39, 0.29) is 25.0 Å². The predicted octanol–water partition coefficient (Wildman–Crippen LogP) is 2.65. The third-order valence-electron chi connectivity index (χ3n) is 4.03. The molecule has 9 nitrogen and oxygen atoms in total. The van der Waals surface area contributed by atoms with Crippen molar-refractivity contribution < 1.29 is 28.5 Å². The quantitative estimate of drug-likeness (QED) is 0.779. The van der Waals surface area contributed by atoms with Crippen molar-refractivity contribution in [2.24, 2.45) is 0 Å². The lowest BCUT2D eigenvalue weighted by Gasteiger charge is -2.35. The minimum absolute atomic E-state index is 0.192. The molecule has 0 aliphatic carbocycles. The van der Waals surface area contributed by atoms with Crippen molar-refractivity contribution in [1.29, 1.82) is 0 Å². The molecule has 3 rings (SSSR count). The van der Waals surface area contributed by atoms with Gasteiger partial charge in [0.1, 0.15) is 0 Å². The largest absolute Gasteiger partial charge is 0.454 e. The lowest BCUT2D eigenvalue weighted by atomic mass is 9.98. The molecule has 2 N–H and O–H groups in total. The average Bonchev–Trinajstić information content (AvgIpc) is 3.03. The van der Waals surface area contributed by atoms with Crippen LogP contribution >= 0.6 is 0 Å². The van der Waals surface area contributed by atoms with E-state index in [1.54, 1.807) is 27.7 Å². The maximum Gasteiger partial charge on any atom is 0.429 e. The van der Waals surface area contributed by atoms with Gasteiger partial charge >= 0.3 is 12.2 Å². The van der Waals surface area contributed by atoms with Crippen molar-refractivity contribution in [3.63, 3.8) is 0 Å². The van der Waals surface area contributed by atoms with Gasteiger partial charge in [-0.2, -0.15) is 0 Å². The van der Waals surface area contributed by atoms with Gasteiger partial charge in [0, 0.05) is 18.3 Å². The third kappa shape index (κ3) is 4.47. The molecule has 1 unspecified atom stereocenters. The van der Waals surface area contributed by atoms with E-state index in [4.69, 9.17) is 18.9 Å². The predicted molar refractivity (Wildman–Crippen MR) is 96.8 cm³/mol. The van der Waals surface area contributed by atoms with E-state index < -0.39 is 12.2 Å². The molecule has 0 saturated heterocycles. The highest BCUT2D eigenvalue weighted by molar-refractivity contribution is 5.75. The highest BCUT2D eigenvalue weighted by atomic mass is 16.7. The summed E-state index contributed by atoms with van der Waals surface area (Å²) in [5.41, 5.74) is 4.38. The SMILES string of the molecule is CC(C)OC(=O)NN(C(=O)OC(C)C)C1CNc2cc3c(cc2C1)OCO3. The van der Waals surface area contributed by atoms with Crippen LogP contribution < -0.4 is 20.2 Å². The van der Waals surface area contributed by atoms with Gasteiger partial charge in [-0.1, -0.05) is 0 Å². The summed E-state index contributed by atoms with van der Waals surface area (Å²) in [6, 6.07) is 3.41. The fourth-order valence-corrected chi connectivity index (χ4v) is 2.94. The Hall–Kier alpha value is -2.84. The topological polar surface area (TPSA) is 98.4 Å². The van der Waals surface area contributed by atoms with Gasteiger partial charge in [-0.25, -0.2) is 20.0 Å². The molecule has 0 bridgehead atoms. The Bertz CT molecular complexity index is 721. The second kappa shape index (κ2) is 7.81. The molecule has 2 amide bonds. The van der Waals surface area contributed by atoms with Gasteiger partial charge in [0.15, 0.2) is 11.5 Å². The summed E-state index contributed by atoms with van der Waals surface area (Å²) >= 11 is 0. The Kier molecular flexibility index (Phi) is 5.48. The number of anilines is 1. The summed E-state index contributed by atoms with van der Waals surface area (Å²) < 4.78 is 21.2. The number of nitrogens with zero attached hydrogens (tertiary/aromatic N) is 1. The molecule has 2 heterocycles. The Labute approximate surface area is 157 Å². The van der Waals surface area contributed by atoms with Gasteiger partial charge in [-0.3, -0.25) is 0 Å². The molecular formula is C18H25N3O6. The zero-order valence-corrected chi connectivity index (χ0v) is 15.9. The van der Waals surface area contributed by atoms with Crippen LogP contribution in [-0.4, -0.2) is 48.8 Å². The van der Waals surface area contributed by atoms with E-state index in [0.717, 1.165) is 11.3 Å². The number of carbonyl (C=O) groups is 2. The van der Waals surface area contributed by atoms with Crippen LogP contribution in [-0.2, 0) is 15.9 Å². The first-order valence-electron chi connectivity index (χ1n) is 8.97. The van der Waals surface area contributed by atoms with Crippen LogP contribution in [0, 0.1) is 0 Å². The summed E-state index contributed by atoms with van der Waals surface area (Å²) in [5, 5.41) is 4.45. The first-order valence-corrected chi connectivity index (χ1v) is 8.97. The number of hydrogen-bond acceptors (Lipinski definition) is 7. The summed E-state index contributed by atoms with van der Waals surface area (Å²) in [5.74, 6) is 1.36. The maximum atomic E-state index is 12.5. The molecular weight excluding hydrogens is 354 g/mol. The van der Waals surface area contributed by atoms with Crippen molar-refractivity contribution in [2.75, 3.05) is 18.7 Å². The number of benzene rings is 1. The van der Waals surface area contributed by atoms with Gasteiger partial charge < -0.3 is 24.3 Å². The lowest BCUT2D eigenvalue weighted by molar-refractivity contribution is 0.0327. The highest BCUT2D eigenvalue weighted by Crippen LogP contribution is 2.39. The molecule has 0 radical (unpaired) electrons. The van der Waals surface area contributed by atoms with Crippen LogP contribution in [0.2, 0.25) is 0 Å².